The first-order valence-corrected chi connectivity index (χ1v) is 14.5. The Labute approximate surface area is 230 Å². The average Bonchev–Trinajstić information content (AvgIpc) is 3.45. The summed E-state index contributed by atoms with van der Waals surface area (Å²) in [5.74, 6) is 0.997. The molecule has 2 aliphatic heterocycles. The fraction of sp³-hybridized carbons (Fsp3) is 0.433. The topological polar surface area (TPSA) is 97.9 Å². The van der Waals surface area contributed by atoms with E-state index in [1.807, 2.05) is 12.1 Å². The SMILES string of the molecule is COc1cc(C(=O)O)cc2sc(N3[C@@H]4CC[C@H]3C[C@@H](OCc3c(-c5ccccc5C)noc3C3CC3)C4)nc12. The quantitative estimate of drug-likeness (QED) is 0.266. The number of carbonyl (C=O) groups is 1. The maximum Gasteiger partial charge on any atom is 0.335 e. The minimum Gasteiger partial charge on any atom is -0.494 e. The van der Waals surface area contributed by atoms with Crippen LogP contribution in [0.25, 0.3) is 21.5 Å². The van der Waals surface area contributed by atoms with E-state index in [1.165, 1.54) is 5.56 Å². The predicted octanol–water partition coefficient (Wildman–Crippen LogP) is 6.56. The van der Waals surface area contributed by atoms with E-state index in [-0.39, 0.29) is 11.7 Å². The largest absolute Gasteiger partial charge is 0.494 e. The predicted molar refractivity (Wildman–Crippen MR) is 149 cm³/mol. The van der Waals surface area contributed by atoms with Crippen molar-refractivity contribution in [2.45, 2.75) is 76.2 Å². The number of nitrogens with zero attached hydrogens (tertiary/aromatic N) is 3. The van der Waals surface area contributed by atoms with E-state index in [2.05, 4.69) is 29.1 Å². The zero-order valence-corrected chi connectivity index (χ0v) is 22.9. The number of benzene rings is 2. The lowest BCUT2D eigenvalue weighted by Gasteiger charge is -2.38. The van der Waals surface area contributed by atoms with Gasteiger partial charge in [0.05, 0.1) is 30.1 Å². The monoisotopic (exact) mass is 545 g/mol. The van der Waals surface area contributed by atoms with Crippen molar-refractivity contribution in [1.82, 2.24) is 10.1 Å². The third kappa shape index (κ3) is 4.37. The summed E-state index contributed by atoms with van der Waals surface area (Å²) in [6.07, 6.45) is 6.55. The molecule has 0 spiro atoms. The van der Waals surface area contributed by atoms with Gasteiger partial charge in [0.25, 0.3) is 0 Å². The van der Waals surface area contributed by atoms with Crippen LogP contribution in [0.15, 0.2) is 40.9 Å². The van der Waals surface area contributed by atoms with Crippen molar-refractivity contribution in [1.29, 1.82) is 0 Å². The molecule has 0 amide bonds. The number of ether oxygens (including phenoxy) is 2. The molecule has 0 radical (unpaired) electrons. The van der Waals surface area contributed by atoms with E-state index in [0.717, 1.165) is 76.5 Å². The number of piperidine rings is 1. The molecule has 1 N–H and O–H groups in total. The minimum atomic E-state index is -0.966. The molecule has 2 aromatic heterocycles. The van der Waals surface area contributed by atoms with Crippen molar-refractivity contribution in [2.24, 2.45) is 0 Å². The molecule has 1 saturated carbocycles. The maximum absolute atomic E-state index is 11.6. The maximum atomic E-state index is 11.6. The van der Waals surface area contributed by atoms with E-state index < -0.39 is 5.97 Å². The lowest BCUT2D eigenvalue weighted by atomic mass is 9.99. The first-order chi connectivity index (χ1) is 19.0. The molecular formula is C30H31N3O5S. The summed E-state index contributed by atoms with van der Waals surface area (Å²) < 4.78 is 18.8. The Morgan fingerprint density at radius 1 is 1.15 bits per heavy atom. The highest BCUT2D eigenvalue weighted by molar-refractivity contribution is 7.22. The van der Waals surface area contributed by atoms with E-state index in [1.54, 1.807) is 30.6 Å². The van der Waals surface area contributed by atoms with Gasteiger partial charge in [-0.05, 0) is 63.1 Å². The summed E-state index contributed by atoms with van der Waals surface area (Å²) in [7, 11) is 1.56. The summed E-state index contributed by atoms with van der Waals surface area (Å²) in [6.45, 7) is 2.62. The molecule has 0 unspecified atom stereocenters. The van der Waals surface area contributed by atoms with E-state index in [0.29, 0.717) is 30.4 Å². The molecule has 2 saturated heterocycles. The van der Waals surface area contributed by atoms with Crippen molar-refractivity contribution < 1.29 is 23.9 Å². The van der Waals surface area contributed by atoms with Gasteiger partial charge < -0.3 is 24.0 Å². The molecule has 8 nitrogen and oxygen atoms in total. The van der Waals surface area contributed by atoms with E-state index >= 15 is 0 Å². The number of rotatable bonds is 8. The van der Waals surface area contributed by atoms with Crippen molar-refractivity contribution in [3.8, 4) is 17.0 Å². The van der Waals surface area contributed by atoms with Gasteiger partial charge in [0.15, 0.2) is 5.13 Å². The van der Waals surface area contributed by atoms with Gasteiger partial charge in [0, 0.05) is 29.1 Å². The molecule has 4 aromatic rings. The number of anilines is 1. The fourth-order valence-corrected chi connectivity index (χ4v) is 7.50. The summed E-state index contributed by atoms with van der Waals surface area (Å²) >= 11 is 1.55. The Balaban J connectivity index is 1.11. The number of carboxylic acids is 1. The van der Waals surface area contributed by atoms with Crippen LogP contribution in [0.5, 0.6) is 5.75 Å². The van der Waals surface area contributed by atoms with Crippen LogP contribution in [-0.4, -0.2) is 46.5 Å². The summed E-state index contributed by atoms with van der Waals surface area (Å²) in [5.41, 5.74) is 5.26. The van der Waals surface area contributed by atoms with Crippen molar-refractivity contribution in [3.63, 3.8) is 0 Å². The Bertz CT molecular complexity index is 1540. The van der Waals surface area contributed by atoms with Crippen LogP contribution in [0, 0.1) is 6.92 Å². The Hall–Kier alpha value is -3.43. The molecule has 2 bridgehead atoms. The van der Waals surface area contributed by atoms with Crippen molar-refractivity contribution in [3.05, 3.63) is 58.8 Å². The van der Waals surface area contributed by atoms with Crippen LogP contribution in [0.1, 0.15) is 71.7 Å². The first-order valence-electron chi connectivity index (χ1n) is 13.7. The number of aryl methyl sites for hydroxylation is 1. The van der Waals surface area contributed by atoms with Gasteiger partial charge in [0.1, 0.15) is 22.7 Å². The molecule has 3 fully saturated rings. The van der Waals surface area contributed by atoms with Gasteiger partial charge in [-0.1, -0.05) is 40.8 Å². The Kier molecular flexibility index (Phi) is 6.08. The Morgan fingerprint density at radius 2 is 1.92 bits per heavy atom. The van der Waals surface area contributed by atoms with Gasteiger partial charge in [-0.2, -0.15) is 0 Å². The third-order valence-electron chi connectivity index (χ3n) is 8.46. The number of aromatic nitrogens is 2. The minimum absolute atomic E-state index is 0.160. The van der Waals surface area contributed by atoms with Gasteiger partial charge in [-0.15, -0.1) is 0 Å². The number of methoxy groups -OCH3 is 1. The molecule has 7 rings (SSSR count). The number of aromatic carboxylic acids is 1. The molecular weight excluding hydrogens is 514 g/mol. The van der Waals surface area contributed by atoms with Crippen LogP contribution in [-0.2, 0) is 11.3 Å². The molecule has 3 atom stereocenters. The molecule has 2 aromatic carbocycles. The molecule has 1 aliphatic carbocycles. The Morgan fingerprint density at radius 3 is 2.62 bits per heavy atom. The number of hydrogen-bond acceptors (Lipinski definition) is 8. The average molecular weight is 546 g/mol. The van der Waals surface area contributed by atoms with Crippen LogP contribution in [0.2, 0.25) is 0 Å². The zero-order chi connectivity index (χ0) is 26.7. The van der Waals surface area contributed by atoms with Gasteiger partial charge in [-0.3, -0.25) is 0 Å². The lowest BCUT2D eigenvalue weighted by molar-refractivity contribution is 0.0147. The third-order valence-corrected chi connectivity index (χ3v) is 9.47. The van der Waals surface area contributed by atoms with Crippen LogP contribution < -0.4 is 9.64 Å². The van der Waals surface area contributed by atoms with Gasteiger partial charge in [-0.25, -0.2) is 9.78 Å². The summed E-state index contributed by atoms with van der Waals surface area (Å²) in [4.78, 5) is 19.0. The second-order valence-corrected chi connectivity index (χ2v) is 12.0. The number of thiazole rings is 1. The second-order valence-electron chi connectivity index (χ2n) is 11.0. The van der Waals surface area contributed by atoms with Gasteiger partial charge >= 0.3 is 5.97 Å². The summed E-state index contributed by atoms with van der Waals surface area (Å²) in [5, 5.41) is 14.9. The molecule has 3 aliphatic rings. The smallest absolute Gasteiger partial charge is 0.335 e. The highest BCUT2D eigenvalue weighted by atomic mass is 32.1. The highest BCUT2D eigenvalue weighted by Gasteiger charge is 2.43. The molecule has 39 heavy (non-hydrogen) atoms. The lowest BCUT2D eigenvalue weighted by Crippen LogP contribution is -2.45. The molecule has 9 heteroatoms. The van der Waals surface area contributed by atoms with Gasteiger partial charge in [0.2, 0.25) is 0 Å². The van der Waals surface area contributed by atoms with E-state index in [4.69, 9.17) is 19.0 Å². The number of carboxylic acid groups (broad SMARTS) is 1. The second kappa shape index (κ2) is 9.64. The van der Waals surface area contributed by atoms with Crippen LogP contribution in [0.4, 0.5) is 5.13 Å². The highest BCUT2D eigenvalue weighted by Crippen LogP contribution is 2.46. The fourth-order valence-electron chi connectivity index (χ4n) is 6.33. The number of fused-ring (bicyclic) bond motifs is 3. The standard InChI is InChI=1S/C30H31N3O5S/c1-16-5-3-4-6-22(16)26-23(28(38-32-26)17-7-8-17)15-37-21-13-19-9-10-20(14-21)33(19)30-31-27-24(36-2)11-18(29(34)35)12-25(27)39-30/h3-6,11-12,17,19-21H,7-10,13-15H2,1-2H3,(H,34,35)/t19-,20+,21+. The van der Waals surface area contributed by atoms with Crippen molar-refractivity contribution >= 4 is 32.7 Å². The number of hydrogen-bond donors (Lipinski definition) is 1. The van der Waals surface area contributed by atoms with Crippen LogP contribution in [0.3, 0.4) is 0 Å². The zero-order valence-electron chi connectivity index (χ0n) is 22.1. The van der Waals surface area contributed by atoms with E-state index in [9.17, 15) is 9.90 Å². The normalized spacial score (nSPS) is 22.5. The first kappa shape index (κ1) is 24.6. The summed E-state index contributed by atoms with van der Waals surface area (Å²) in [6, 6.07) is 12.3. The molecule has 202 valence electrons. The van der Waals surface area contributed by atoms with Crippen molar-refractivity contribution in [2.75, 3.05) is 12.0 Å². The van der Waals surface area contributed by atoms with Crippen LogP contribution >= 0.6 is 11.3 Å². The molecule has 4 heterocycles.